The van der Waals surface area contributed by atoms with Gasteiger partial charge in [-0.2, -0.15) is 0 Å². The Hall–Kier alpha value is -0.670. The molecule has 0 aliphatic heterocycles. The fraction of sp³-hybridized carbons (Fsp3) is 0.533. The normalized spacial score (nSPS) is 26.3. The summed E-state index contributed by atoms with van der Waals surface area (Å²) in [6.45, 7) is 4.97. The van der Waals surface area contributed by atoms with Crippen molar-refractivity contribution < 1.29 is 18.3 Å². The van der Waals surface area contributed by atoms with Crippen LogP contribution < -0.4 is 0 Å². The molecular weight excluding hydrogens is 410 g/mol. The van der Waals surface area contributed by atoms with E-state index in [-0.39, 0.29) is 11.3 Å². The Balaban J connectivity index is 2.78. The fourth-order valence-corrected chi connectivity index (χ4v) is 2.81. The highest BCUT2D eigenvalue weighted by Crippen LogP contribution is 2.60. The van der Waals surface area contributed by atoms with Crippen molar-refractivity contribution in [2.24, 2.45) is 17.3 Å². The highest BCUT2D eigenvalue weighted by atomic mass is 79.9. The van der Waals surface area contributed by atoms with Crippen LogP contribution >= 0.6 is 31.9 Å². The molecule has 4 atom stereocenters. The SMILES string of the molecule is C#CC(OC(=O)C1C(C=C(Br)Br)C1(C)C)C(F)=CC(C)F. The molecule has 1 fully saturated rings. The number of hydrogen-bond acceptors (Lipinski definition) is 2. The van der Waals surface area contributed by atoms with Crippen molar-refractivity contribution in [3.63, 3.8) is 0 Å². The maximum atomic E-state index is 13.6. The second kappa shape index (κ2) is 7.06. The molecule has 1 aliphatic carbocycles. The number of hydrogen-bond donors (Lipinski definition) is 0. The zero-order chi connectivity index (χ0) is 16.4. The Morgan fingerprint density at radius 3 is 2.48 bits per heavy atom. The van der Waals surface area contributed by atoms with Crippen LogP contribution in [0.25, 0.3) is 0 Å². The lowest BCUT2D eigenvalue weighted by molar-refractivity contribution is -0.148. The zero-order valence-corrected chi connectivity index (χ0v) is 15.0. The van der Waals surface area contributed by atoms with E-state index in [9.17, 15) is 13.6 Å². The molecule has 0 bridgehead atoms. The number of ether oxygens (including phenoxy) is 1. The maximum Gasteiger partial charge on any atom is 0.311 e. The van der Waals surface area contributed by atoms with Crippen LogP contribution in [0.1, 0.15) is 20.8 Å². The molecular formula is C15H16Br2F2O2. The molecule has 0 saturated heterocycles. The molecule has 21 heavy (non-hydrogen) atoms. The average Bonchev–Trinajstić information content (AvgIpc) is 2.85. The monoisotopic (exact) mass is 424 g/mol. The van der Waals surface area contributed by atoms with Gasteiger partial charge in [-0.15, -0.1) is 6.42 Å². The third-order valence-electron chi connectivity index (χ3n) is 3.49. The summed E-state index contributed by atoms with van der Waals surface area (Å²) in [6.07, 6.45) is 4.70. The van der Waals surface area contributed by atoms with Crippen LogP contribution in [0.2, 0.25) is 0 Å². The lowest BCUT2D eigenvalue weighted by atomic mass is 10.1. The number of rotatable bonds is 5. The van der Waals surface area contributed by atoms with Gasteiger partial charge in [0.25, 0.3) is 0 Å². The summed E-state index contributed by atoms with van der Waals surface area (Å²) in [5.41, 5.74) is -0.295. The van der Waals surface area contributed by atoms with Crippen LogP contribution in [0.4, 0.5) is 8.78 Å². The Labute approximate surface area is 140 Å². The van der Waals surface area contributed by atoms with E-state index in [4.69, 9.17) is 11.2 Å². The average molecular weight is 426 g/mol. The molecule has 0 spiro atoms. The number of alkyl halides is 1. The standard InChI is InChI=1S/C15H16Br2F2O2/c1-5-11(10(19)6-8(2)18)21-14(20)13-9(7-12(16)17)15(13,3)4/h1,6-9,11,13H,2-4H3. The molecule has 0 aromatic rings. The first-order valence-corrected chi connectivity index (χ1v) is 7.90. The van der Waals surface area contributed by atoms with Crippen LogP contribution in [0.5, 0.6) is 0 Å². The summed E-state index contributed by atoms with van der Waals surface area (Å²) in [7, 11) is 0. The molecule has 0 aromatic carbocycles. The minimum Gasteiger partial charge on any atom is -0.441 e. The van der Waals surface area contributed by atoms with E-state index in [2.05, 4.69) is 31.9 Å². The lowest BCUT2D eigenvalue weighted by Crippen LogP contribution is -2.20. The fourth-order valence-electron chi connectivity index (χ4n) is 2.24. The smallest absolute Gasteiger partial charge is 0.311 e. The number of esters is 1. The molecule has 0 radical (unpaired) electrons. The van der Waals surface area contributed by atoms with E-state index in [1.807, 2.05) is 25.8 Å². The second-order valence-electron chi connectivity index (χ2n) is 5.49. The Kier molecular flexibility index (Phi) is 6.18. The number of allylic oxidation sites excluding steroid dienone is 2. The van der Waals surface area contributed by atoms with Crippen molar-refractivity contribution in [2.45, 2.75) is 33.0 Å². The van der Waals surface area contributed by atoms with E-state index in [0.717, 1.165) is 10.3 Å². The van der Waals surface area contributed by atoms with Crippen LogP contribution in [0.3, 0.4) is 0 Å². The van der Waals surface area contributed by atoms with Crippen molar-refractivity contribution in [3.05, 3.63) is 21.4 Å². The largest absolute Gasteiger partial charge is 0.441 e. The van der Waals surface area contributed by atoms with Gasteiger partial charge in [0.2, 0.25) is 6.10 Å². The van der Waals surface area contributed by atoms with Crippen molar-refractivity contribution in [1.29, 1.82) is 0 Å². The first-order chi connectivity index (χ1) is 9.61. The first kappa shape index (κ1) is 18.4. The summed E-state index contributed by atoms with van der Waals surface area (Å²) >= 11 is 6.48. The topological polar surface area (TPSA) is 26.3 Å². The van der Waals surface area contributed by atoms with Crippen molar-refractivity contribution in [3.8, 4) is 12.3 Å². The molecule has 6 heteroatoms. The molecule has 0 aromatic heterocycles. The van der Waals surface area contributed by atoms with Crippen LogP contribution in [0.15, 0.2) is 21.4 Å². The van der Waals surface area contributed by atoms with Crippen molar-refractivity contribution in [2.75, 3.05) is 0 Å². The molecule has 4 unspecified atom stereocenters. The Morgan fingerprint density at radius 1 is 1.48 bits per heavy atom. The van der Waals surface area contributed by atoms with E-state index in [0.29, 0.717) is 6.08 Å². The molecule has 1 aliphatic rings. The van der Waals surface area contributed by atoms with Gasteiger partial charge in [0, 0.05) is 0 Å². The minimum atomic E-state index is -1.50. The minimum absolute atomic E-state index is 0.0377. The second-order valence-corrected chi connectivity index (χ2v) is 8.27. The van der Waals surface area contributed by atoms with Gasteiger partial charge in [-0.3, -0.25) is 4.79 Å². The van der Waals surface area contributed by atoms with Crippen molar-refractivity contribution >= 4 is 37.8 Å². The summed E-state index contributed by atoms with van der Waals surface area (Å²) < 4.78 is 32.1. The molecule has 0 amide bonds. The predicted molar refractivity (Wildman–Crippen MR) is 85.2 cm³/mol. The zero-order valence-electron chi connectivity index (χ0n) is 11.9. The number of halogens is 4. The third kappa shape index (κ3) is 4.65. The van der Waals surface area contributed by atoms with Gasteiger partial charge in [0.1, 0.15) is 6.17 Å². The van der Waals surface area contributed by atoms with E-state index in [1.54, 1.807) is 0 Å². The summed E-state index contributed by atoms with van der Waals surface area (Å²) in [5.74, 6) is 0.0232. The third-order valence-corrected chi connectivity index (χ3v) is 4.02. The van der Waals surface area contributed by atoms with Crippen molar-refractivity contribution in [1.82, 2.24) is 0 Å². The number of carbonyl (C=O) groups is 1. The van der Waals surface area contributed by atoms with Crippen LogP contribution in [0, 0.1) is 29.6 Å². The Bertz CT molecular complexity index is 514. The highest BCUT2D eigenvalue weighted by molar-refractivity contribution is 9.28. The molecule has 1 saturated carbocycles. The van der Waals surface area contributed by atoms with Gasteiger partial charge >= 0.3 is 5.97 Å². The van der Waals surface area contributed by atoms with Gasteiger partial charge in [0.05, 0.1) is 9.31 Å². The maximum absolute atomic E-state index is 13.6. The molecule has 1 rings (SSSR count). The molecule has 2 nitrogen and oxygen atoms in total. The Morgan fingerprint density at radius 2 is 2.05 bits per heavy atom. The quantitative estimate of drug-likeness (QED) is 0.473. The van der Waals surface area contributed by atoms with Crippen LogP contribution in [-0.2, 0) is 9.53 Å². The molecule has 0 heterocycles. The van der Waals surface area contributed by atoms with Gasteiger partial charge in [0.15, 0.2) is 5.83 Å². The summed E-state index contributed by atoms with van der Waals surface area (Å²) in [4.78, 5) is 12.1. The number of terminal acetylenes is 1. The highest BCUT2D eigenvalue weighted by Gasteiger charge is 2.61. The van der Waals surface area contributed by atoms with Gasteiger partial charge < -0.3 is 4.74 Å². The van der Waals surface area contributed by atoms with Crippen LogP contribution in [-0.4, -0.2) is 18.2 Å². The first-order valence-electron chi connectivity index (χ1n) is 6.32. The lowest BCUT2D eigenvalue weighted by Gasteiger charge is -2.11. The predicted octanol–water partition coefficient (Wildman–Crippen LogP) is 4.65. The number of carbonyl (C=O) groups excluding carboxylic acids is 1. The van der Waals surface area contributed by atoms with Gasteiger partial charge in [-0.05, 0) is 56.2 Å². The van der Waals surface area contributed by atoms with E-state index >= 15 is 0 Å². The summed E-state index contributed by atoms with van der Waals surface area (Å²) in [5, 5.41) is 0. The summed E-state index contributed by atoms with van der Waals surface area (Å²) in [6, 6.07) is 0. The molecule has 116 valence electrons. The molecule has 0 N–H and O–H groups in total. The van der Waals surface area contributed by atoms with Gasteiger partial charge in [-0.1, -0.05) is 25.8 Å². The van der Waals surface area contributed by atoms with E-state index < -0.39 is 30.0 Å². The van der Waals surface area contributed by atoms with Gasteiger partial charge in [-0.25, -0.2) is 8.78 Å². The van der Waals surface area contributed by atoms with E-state index in [1.165, 1.54) is 0 Å².